The van der Waals surface area contributed by atoms with Gasteiger partial charge in [0.2, 0.25) is 0 Å². The molecule has 1 fully saturated rings. The number of benzene rings is 1. The first-order chi connectivity index (χ1) is 11.1. The number of rotatable bonds is 3. The molecule has 2 N–H and O–H groups in total. The number of nitrogens with two attached hydrogens (primary N) is 1. The fourth-order valence-electron chi connectivity index (χ4n) is 2.78. The quantitative estimate of drug-likeness (QED) is 0.938. The minimum atomic E-state index is -0.531. The number of nitrogens with zero attached hydrogens (tertiary/aromatic N) is 2. The zero-order valence-electron chi connectivity index (χ0n) is 12.4. The third-order valence-corrected chi connectivity index (χ3v) is 5.03. The van der Waals surface area contributed by atoms with Gasteiger partial charge in [0.15, 0.2) is 0 Å². The van der Waals surface area contributed by atoms with Crippen LogP contribution in [0.15, 0.2) is 30.5 Å². The molecule has 3 rings (SSSR count). The number of hydrogen-bond acceptors (Lipinski definition) is 4. The number of piperidine rings is 1. The Morgan fingerprint density at radius 2 is 2.09 bits per heavy atom. The second-order valence-electron chi connectivity index (χ2n) is 5.42. The molecule has 120 valence electrons. The number of carbonyl (C=O) groups excluding carboxylic acids is 2. The van der Waals surface area contributed by atoms with E-state index >= 15 is 0 Å². The molecular formula is C16H16FN3O2S. The monoisotopic (exact) mass is 333 g/mol. The smallest absolute Gasteiger partial charge is 0.260 e. The normalized spacial score (nSPS) is 18.0. The summed E-state index contributed by atoms with van der Waals surface area (Å²) >= 11 is 1.19. The minimum Gasteiger partial charge on any atom is -0.365 e. The molecule has 2 heterocycles. The van der Waals surface area contributed by atoms with E-state index < -0.39 is 11.7 Å². The number of carbonyl (C=O) groups is 2. The van der Waals surface area contributed by atoms with E-state index in [1.807, 2.05) is 0 Å². The number of aromatic nitrogens is 1. The highest BCUT2D eigenvalue weighted by molar-refractivity contribution is 7.13. The molecule has 7 heteroatoms. The number of hydrogen-bond donors (Lipinski definition) is 1. The first kappa shape index (κ1) is 15.6. The largest absolute Gasteiger partial charge is 0.365 e. The maximum absolute atomic E-state index is 13.9. The molecule has 1 aliphatic heterocycles. The van der Waals surface area contributed by atoms with Crippen molar-refractivity contribution in [2.45, 2.75) is 25.3 Å². The van der Waals surface area contributed by atoms with E-state index in [2.05, 4.69) is 4.98 Å². The van der Waals surface area contributed by atoms with Crippen LogP contribution in [0.3, 0.4) is 0 Å². The zero-order valence-corrected chi connectivity index (χ0v) is 13.2. The van der Waals surface area contributed by atoms with E-state index in [9.17, 15) is 14.0 Å². The molecule has 23 heavy (non-hydrogen) atoms. The van der Waals surface area contributed by atoms with Crippen molar-refractivity contribution in [3.63, 3.8) is 0 Å². The van der Waals surface area contributed by atoms with Gasteiger partial charge in [-0.05, 0) is 31.4 Å². The van der Waals surface area contributed by atoms with Gasteiger partial charge in [-0.3, -0.25) is 9.59 Å². The van der Waals surface area contributed by atoms with Gasteiger partial charge in [0, 0.05) is 6.54 Å². The van der Waals surface area contributed by atoms with Gasteiger partial charge >= 0.3 is 0 Å². The number of thiazole rings is 1. The molecular weight excluding hydrogens is 317 g/mol. The maximum atomic E-state index is 13.9. The maximum Gasteiger partial charge on any atom is 0.260 e. The topological polar surface area (TPSA) is 76.3 Å². The first-order valence-electron chi connectivity index (χ1n) is 7.39. The summed E-state index contributed by atoms with van der Waals surface area (Å²) in [7, 11) is 0. The molecule has 2 aromatic rings. The Morgan fingerprint density at radius 1 is 1.30 bits per heavy atom. The highest BCUT2D eigenvalue weighted by Crippen LogP contribution is 2.34. The summed E-state index contributed by atoms with van der Waals surface area (Å²) in [5.41, 5.74) is 5.32. The molecule has 0 spiro atoms. The molecule has 0 radical (unpaired) electrons. The van der Waals surface area contributed by atoms with Gasteiger partial charge in [-0.1, -0.05) is 12.1 Å². The Labute approximate surface area is 136 Å². The molecule has 1 aliphatic rings. The van der Waals surface area contributed by atoms with Crippen molar-refractivity contribution in [2.24, 2.45) is 5.73 Å². The summed E-state index contributed by atoms with van der Waals surface area (Å²) in [5, 5.41) is 0.670. The Bertz CT molecular complexity index is 746. The Morgan fingerprint density at radius 3 is 2.78 bits per heavy atom. The van der Waals surface area contributed by atoms with E-state index in [0.29, 0.717) is 16.4 Å². The lowest BCUT2D eigenvalue weighted by atomic mass is 10.0. The highest BCUT2D eigenvalue weighted by atomic mass is 32.1. The second-order valence-corrected chi connectivity index (χ2v) is 6.48. The van der Waals surface area contributed by atoms with Crippen LogP contribution < -0.4 is 5.73 Å². The molecule has 0 bridgehead atoms. The third-order valence-electron chi connectivity index (χ3n) is 3.92. The van der Waals surface area contributed by atoms with Crippen molar-refractivity contribution >= 4 is 23.2 Å². The lowest BCUT2D eigenvalue weighted by Crippen LogP contribution is -2.38. The highest BCUT2D eigenvalue weighted by Gasteiger charge is 2.32. The van der Waals surface area contributed by atoms with E-state index in [0.717, 1.165) is 19.3 Å². The van der Waals surface area contributed by atoms with Crippen LogP contribution in [0.2, 0.25) is 0 Å². The number of amides is 2. The average Bonchev–Trinajstić information content (AvgIpc) is 3.05. The predicted octanol–water partition coefficient (Wildman–Crippen LogP) is 2.75. The van der Waals surface area contributed by atoms with E-state index in [-0.39, 0.29) is 17.5 Å². The van der Waals surface area contributed by atoms with Crippen molar-refractivity contribution in [1.29, 1.82) is 0 Å². The standard InChI is InChI=1S/C16H16FN3O2S/c17-11-6-2-1-5-10(11)16(22)20-8-4-3-7-12(20)15-19-9-13(23-15)14(18)21/h1-2,5-6,9,12H,3-4,7-8H2,(H2,18,21)/t12-/m0/s1. The number of halogens is 1. The van der Waals surface area contributed by atoms with Crippen molar-refractivity contribution in [3.8, 4) is 0 Å². The Balaban J connectivity index is 1.90. The molecule has 1 aromatic heterocycles. The lowest BCUT2D eigenvalue weighted by molar-refractivity contribution is 0.0606. The summed E-state index contributed by atoms with van der Waals surface area (Å²) in [6.45, 7) is 0.545. The first-order valence-corrected chi connectivity index (χ1v) is 8.20. The summed E-state index contributed by atoms with van der Waals surface area (Å²) in [5.74, 6) is -1.40. The van der Waals surface area contributed by atoms with Crippen molar-refractivity contribution in [1.82, 2.24) is 9.88 Å². The van der Waals surface area contributed by atoms with Crippen LogP contribution in [0.4, 0.5) is 4.39 Å². The molecule has 5 nitrogen and oxygen atoms in total. The van der Waals surface area contributed by atoms with Crippen LogP contribution in [-0.4, -0.2) is 28.2 Å². The number of primary amides is 1. The van der Waals surface area contributed by atoms with E-state index in [1.165, 1.54) is 29.7 Å². The molecule has 0 aliphatic carbocycles. The summed E-state index contributed by atoms with van der Waals surface area (Å²) in [4.78, 5) is 30.2. The van der Waals surface area contributed by atoms with Crippen LogP contribution in [0.5, 0.6) is 0 Å². The second kappa shape index (κ2) is 6.45. The molecule has 1 aromatic carbocycles. The van der Waals surface area contributed by atoms with Crippen LogP contribution in [-0.2, 0) is 0 Å². The van der Waals surface area contributed by atoms with Crippen molar-refractivity contribution in [2.75, 3.05) is 6.54 Å². The summed E-state index contributed by atoms with van der Waals surface area (Å²) in [6, 6.07) is 5.72. The van der Waals surface area contributed by atoms with Gasteiger partial charge in [-0.25, -0.2) is 9.37 Å². The summed E-state index contributed by atoms with van der Waals surface area (Å²) < 4.78 is 13.9. The molecule has 0 saturated carbocycles. The van der Waals surface area contributed by atoms with Gasteiger partial charge in [0.1, 0.15) is 15.7 Å². The fraction of sp³-hybridized carbons (Fsp3) is 0.312. The van der Waals surface area contributed by atoms with Crippen LogP contribution in [0.25, 0.3) is 0 Å². The molecule has 2 amide bonds. The SMILES string of the molecule is NC(=O)c1cnc([C@@H]2CCCCN2C(=O)c2ccccc2F)s1. The van der Waals surface area contributed by atoms with Gasteiger partial charge in [-0.15, -0.1) is 11.3 Å². The van der Waals surface area contributed by atoms with Gasteiger partial charge < -0.3 is 10.6 Å². The van der Waals surface area contributed by atoms with Crippen LogP contribution >= 0.6 is 11.3 Å². The third kappa shape index (κ3) is 3.10. The van der Waals surface area contributed by atoms with Crippen LogP contribution in [0.1, 0.15) is 50.3 Å². The van der Waals surface area contributed by atoms with E-state index in [1.54, 1.807) is 17.0 Å². The fourth-order valence-corrected chi connectivity index (χ4v) is 3.69. The minimum absolute atomic E-state index is 0.0612. The van der Waals surface area contributed by atoms with Crippen molar-refractivity contribution in [3.05, 3.63) is 51.7 Å². The lowest BCUT2D eigenvalue weighted by Gasteiger charge is -2.34. The summed E-state index contributed by atoms with van der Waals surface area (Å²) in [6.07, 6.45) is 4.00. The Kier molecular flexibility index (Phi) is 4.38. The van der Waals surface area contributed by atoms with Crippen molar-refractivity contribution < 1.29 is 14.0 Å². The number of likely N-dealkylation sites (tertiary alicyclic amines) is 1. The van der Waals surface area contributed by atoms with Gasteiger partial charge in [0.25, 0.3) is 11.8 Å². The predicted molar refractivity (Wildman–Crippen MR) is 84.7 cm³/mol. The van der Waals surface area contributed by atoms with E-state index in [4.69, 9.17) is 5.73 Å². The van der Waals surface area contributed by atoms with Gasteiger partial charge in [-0.2, -0.15) is 0 Å². The van der Waals surface area contributed by atoms with Crippen LogP contribution in [0, 0.1) is 5.82 Å². The molecule has 1 saturated heterocycles. The Hall–Kier alpha value is -2.28. The zero-order chi connectivity index (χ0) is 16.4. The average molecular weight is 333 g/mol. The van der Waals surface area contributed by atoms with Gasteiger partial charge in [0.05, 0.1) is 17.8 Å². The molecule has 0 unspecified atom stereocenters. The molecule has 1 atom stereocenters.